The highest BCUT2D eigenvalue weighted by atomic mass is 32.2. The van der Waals surface area contributed by atoms with Gasteiger partial charge in [0.1, 0.15) is 17.8 Å². The highest BCUT2D eigenvalue weighted by molar-refractivity contribution is 7.99. The summed E-state index contributed by atoms with van der Waals surface area (Å²) in [7, 11) is 0. The lowest BCUT2D eigenvalue weighted by Gasteiger charge is -2.38. The van der Waals surface area contributed by atoms with Crippen LogP contribution in [0.25, 0.3) is 0 Å². The molecule has 0 atom stereocenters. The summed E-state index contributed by atoms with van der Waals surface area (Å²) in [6, 6.07) is 0. The molecule has 0 radical (unpaired) electrons. The van der Waals surface area contributed by atoms with Gasteiger partial charge in [-0.3, -0.25) is 9.59 Å². The predicted molar refractivity (Wildman–Crippen MR) is 49.6 cm³/mol. The van der Waals surface area contributed by atoms with Crippen LogP contribution in [0.2, 0.25) is 0 Å². The Morgan fingerprint density at radius 2 is 1.92 bits per heavy atom. The third-order valence-electron chi connectivity index (χ3n) is 2.60. The van der Waals surface area contributed by atoms with E-state index in [4.69, 9.17) is 4.74 Å². The van der Waals surface area contributed by atoms with Crippen molar-refractivity contribution in [3.63, 3.8) is 0 Å². The van der Waals surface area contributed by atoms with Gasteiger partial charge >= 0.3 is 5.97 Å². The molecule has 0 amide bonds. The van der Waals surface area contributed by atoms with Gasteiger partial charge in [0.05, 0.1) is 0 Å². The number of ether oxygens (including phenoxy) is 1. The van der Waals surface area contributed by atoms with Gasteiger partial charge in [-0.05, 0) is 24.3 Å². The second-order valence-electron chi connectivity index (χ2n) is 3.66. The molecule has 2 aliphatic heterocycles. The van der Waals surface area contributed by atoms with Crippen molar-refractivity contribution in [1.29, 1.82) is 0 Å². The highest BCUT2D eigenvalue weighted by Crippen LogP contribution is 2.36. The minimum absolute atomic E-state index is 0.0190. The number of Topliss-reactive ketones (excluding diaryl/α,β-unsaturated/α-hetero) is 1. The fraction of sp³-hybridized carbons (Fsp3) is 0.778. The molecule has 0 aromatic heterocycles. The fourth-order valence-electron chi connectivity index (χ4n) is 1.92. The molecule has 0 aromatic carbocycles. The van der Waals surface area contributed by atoms with E-state index in [2.05, 4.69) is 0 Å². The Bertz CT molecular complexity index is 225. The molecule has 0 aromatic rings. The van der Waals surface area contributed by atoms with Crippen LogP contribution in [0.3, 0.4) is 0 Å². The Morgan fingerprint density at radius 1 is 1.23 bits per heavy atom. The van der Waals surface area contributed by atoms with Crippen LogP contribution in [0.1, 0.15) is 25.7 Å². The van der Waals surface area contributed by atoms with Crippen LogP contribution >= 0.6 is 11.8 Å². The Balaban J connectivity index is 2.11. The lowest BCUT2D eigenvalue weighted by atomic mass is 9.87. The summed E-state index contributed by atoms with van der Waals surface area (Å²) in [4.78, 5) is 22.3. The van der Waals surface area contributed by atoms with Crippen molar-refractivity contribution in [1.82, 2.24) is 0 Å². The number of hydrogen-bond donors (Lipinski definition) is 0. The molecule has 1 spiro atoms. The molecule has 0 aliphatic carbocycles. The van der Waals surface area contributed by atoms with E-state index in [-0.39, 0.29) is 18.2 Å². The van der Waals surface area contributed by atoms with Crippen LogP contribution in [-0.4, -0.2) is 28.9 Å². The first-order chi connectivity index (χ1) is 6.20. The van der Waals surface area contributed by atoms with E-state index in [1.807, 2.05) is 11.8 Å². The summed E-state index contributed by atoms with van der Waals surface area (Å²) >= 11 is 1.86. The monoisotopic (exact) mass is 200 g/mol. The Morgan fingerprint density at radius 3 is 2.54 bits per heavy atom. The Labute approximate surface area is 81.2 Å². The van der Waals surface area contributed by atoms with E-state index in [1.54, 1.807) is 0 Å². The number of carbonyl (C=O) groups is 2. The zero-order chi connectivity index (χ0) is 9.31. The average Bonchev–Trinajstić information content (AvgIpc) is 2.02. The summed E-state index contributed by atoms with van der Waals surface area (Å²) in [5.41, 5.74) is -0.419. The molecule has 3 nitrogen and oxygen atoms in total. The SMILES string of the molecule is O=C1CC(=O)OC2(CCSCC2)C1. The largest absolute Gasteiger partial charge is 0.458 e. The topological polar surface area (TPSA) is 43.4 Å². The van der Waals surface area contributed by atoms with Gasteiger partial charge in [-0.1, -0.05) is 0 Å². The van der Waals surface area contributed by atoms with Gasteiger partial charge in [-0.2, -0.15) is 11.8 Å². The minimum Gasteiger partial charge on any atom is -0.458 e. The van der Waals surface area contributed by atoms with Crippen molar-refractivity contribution >= 4 is 23.5 Å². The van der Waals surface area contributed by atoms with Crippen molar-refractivity contribution in [3.05, 3.63) is 0 Å². The molecular weight excluding hydrogens is 188 g/mol. The maximum absolute atomic E-state index is 11.2. The number of esters is 1. The van der Waals surface area contributed by atoms with Gasteiger partial charge in [0.25, 0.3) is 0 Å². The third kappa shape index (κ3) is 1.88. The number of hydrogen-bond acceptors (Lipinski definition) is 4. The molecule has 4 heteroatoms. The Hall–Kier alpha value is -0.510. The second-order valence-corrected chi connectivity index (χ2v) is 4.89. The molecule has 0 unspecified atom stereocenters. The van der Waals surface area contributed by atoms with Crippen LogP contribution in [0.4, 0.5) is 0 Å². The lowest BCUT2D eigenvalue weighted by molar-refractivity contribution is -0.171. The van der Waals surface area contributed by atoms with E-state index in [0.29, 0.717) is 6.42 Å². The molecule has 0 saturated carbocycles. The molecule has 2 saturated heterocycles. The summed E-state index contributed by atoms with van der Waals surface area (Å²) in [5.74, 6) is 1.72. The lowest BCUT2D eigenvalue weighted by Crippen LogP contribution is -2.45. The van der Waals surface area contributed by atoms with Gasteiger partial charge in [-0.15, -0.1) is 0 Å². The minimum atomic E-state index is -0.419. The first-order valence-corrected chi connectivity index (χ1v) is 5.67. The smallest absolute Gasteiger partial charge is 0.313 e. The van der Waals surface area contributed by atoms with Crippen LogP contribution < -0.4 is 0 Å². The molecule has 2 rings (SSSR count). The number of carbonyl (C=O) groups excluding carboxylic acids is 2. The number of thioether (sulfide) groups is 1. The molecule has 0 bridgehead atoms. The van der Waals surface area contributed by atoms with Crippen molar-refractivity contribution in [3.8, 4) is 0 Å². The molecule has 0 N–H and O–H groups in total. The van der Waals surface area contributed by atoms with Gasteiger partial charge in [-0.25, -0.2) is 0 Å². The van der Waals surface area contributed by atoms with Crippen molar-refractivity contribution < 1.29 is 14.3 Å². The van der Waals surface area contributed by atoms with Crippen LogP contribution in [0.5, 0.6) is 0 Å². The van der Waals surface area contributed by atoms with E-state index in [1.165, 1.54) is 0 Å². The van der Waals surface area contributed by atoms with Crippen molar-refractivity contribution in [2.45, 2.75) is 31.3 Å². The van der Waals surface area contributed by atoms with Gasteiger partial charge in [0, 0.05) is 6.42 Å². The summed E-state index contributed by atoms with van der Waals surface area (Å²) in [6.45, 7) is 0. The fourth-order valence-corrected chi connectivity index (χ4v) is 3.16. The third-order valence-corrected chi connectivity index (χ3v) is 3.58. The van der Waals surface area contributed by atoms with Crippen LogP contribution in [0, 0.1) is 0 Å². The Kier molecular flexibility index (Phi) is 2.32. The van der Waals surface area contributed by atoms with Gasteiger partial charge < -0.3 is 4.74 Å². The van der Waals surface area contributed by atoms with E-state index >= 15 is 0 Å². The summed E-state index contributed by atoms with van der Waals surface area (Å²) in [6.07, 6.45) is 2.11. The first kappa shape index (κ1) is 9.06. The average molecular weight is 200 g/mol. The summed E-state index contributed by atoms with van der Waals surface area (Å²) in [5, 5.41) is 0. The second kappa shape index (κ2) is 3.33. The van der Waals surface area contributed by atoms with E-state index in [9.17, 15) is 9.59 Å². The van der Waals surface area contributed by atoms with Crippen LogP contribution in [0.15, 0.2) is 0 Å². The normalized spacial score (nSPS) is 27.4. The number of ketones is 1. The molecule has 13 heavy (non-hydrogen) atoms. The highest BCUT2D eigenvalue weighted by Gasteiger charge is 2.42. The number of rotatable bonds is 0. The van der Waals surface area contributed by atoms with Gasteiger partial charge in [0.15, 0.2) is 0 Å². The predicted octanol–water partition coefficient (Wildman–Crippen LogP) is 1.16. The molecular formula is C9H12O3S. The first-order valence-electron chi connectivity index (χ1n) is 4.52. The summed E-state index contributed by atoms with van der Waals surface area (Å²) < 4.78 is 5.31. The maximum atomic E-state index is 11.2. The standard InChI is InChI=1S/C9H12O3S/c10-7-5-8(11)12-9(6-7)1-3-13-4-2-9/h1-6H2. The maximum Gasteiger partial charge on any atom is 0.313 e. The molecule has 2 fully saturated rings. The zero-order valence-corrected chi connectivity index (χ0v) is 8.19. The van der Waals surface area contributed by atoms with E-state index < -0.39 is 5.60 Å². The van der Waals surface area contributed by atoms with Crippen molar-refractivity contribution in [2.24, 2.45) is 0 Å². The molecule has 2 heterocycles. The zero-order valence-electron chi connectivity index (χ0n) is 7.38. The molecule has 72 valence electrons. The van der Waals surface area contributed by atoms with Crippen LogP contribution in [-0.2, 0) is 14.3 Å². The van der Waals surface area contributed by atoms with Crippen molar-refractivity contribution in [2.75, 3.05) is 11.5 Å². The molecule has 2 aliphatic rings. The van der Waals surface area contributed by atoms with Gasteiger partial charge in [0.2, 0.25) is 0 Å². The van der Waals surface area contributed by atoms with E-state index in [0.717, 1.165) is 24.3 Å². The quantitative estimate of drug-likeness (QED) is 0.434.